The van der Waals surface area contributed by atoms with Gasteiger partial charge >= 0.3 is 0 Å². The molecule has 0 bridgehead atoms. The first kappa shape index (κ1) is 18.2. The Labute approximate surface area is 175 Å². The molecule has 5 rings (SSSR count). The van der Waals surface area contributed by atoms with E-state index in [9.17, 15) is 0 Å². The molecule has 30 heavy (non-hydrogen) atoms. The average molecular weight is 390 g/mol. The summed E-state index contributed by atoms with van der Waals surface area (Å²) < 4.78 is 8.28. The van der Waals surface area contributed by atoms with Crippen LogP contribution in [0.5, 0.6) is 11.5 Å². The third-order valence-corrected chi connectivity index (χ3v) is 5.27. The first-order valence-corrected chi connectivity index (χ1v) is 10.2. The largest absolute Gasteiger partial charge is 0.457 e. The molecule has 0 spiro atoms. The molecular formula is C27H22N2O. The van der Waals surface area contributed by atoms with Gasteiger partial charge in [0, 0.05) is 34.6 Å². The second-order valence-corrected chi connectivity index (χ2v) is 7.21. The molecular weight excluding hydrogens is 368 g/mol. The summed E-state index contributed by atoms with van der Waals surface area (Å²) in [5, 5.41) is 2.51. The molecule has 0 aliphatic rings. The third kappa shape index (κ3) is 3.46. The Morgan fingerprint density at radius 2 is 1.50 bits per heavy atom. The minimum atomic E-state index is 0.798. The minimum absolute atomic E-state index is 0.798. The molecule has 1 heterocycles. The lowest BCUT2D eigenvalue weighted by molar-refractivity contribution is 0.482. The first-order valence-electron chi connectivity index (χ1n) is 10.2. The zero-order valence-corrected chi connectivity index (χ0v) is 16.8. The van der Waals surface area contributed by atoms with Crippen LogP contribution < -0.4 is 4.74 Å². The number of fused-ring (bicyclic) bond motifs is 3. The van der Waals surface area contributed by atoms with Crippen molar-refractivity contribution >= 4 is 33.7 Å². The third-order valence-electron chi connectivity index (χ3n) is 5.27. The molecule has 3 nitrogen and oxygen atoms in total. The molecule has 0 atom stereocenters. The van der Waals surface area contributed by atoms with Gasteiger partial charge in [-0.05, 0) is 61.0 Å². The van der Waals surface area contributed by atoms with Crippen LogP contribution in [-0.2, 0) is 6.54 Å². The number of para-hydroxylation sites is 2. The van der Waals surface area contributed by atoms with Crippen molar-refractivity contribution in [1.82, 2.24) is 4.57 Å². The van der Waals surface area contributed by atoms with Crippen molar-refractivity contribution in [2.75, 3.05) is 0 Å². The number of rotatable bonds is 5. The second-order valence-electron chi connectivity index (χ2n) is 7.21. The molecule has 0 amide bonds. The van der Waals surface area contributed by atoms with Crippen LogP contribution in [0.15, 0.2) is 102 Å². The molecule has 3 heteroatoms. The molecule has 0 N–H and O–H groups in total. The maximum atomic E-state index is 5.93. The zero-order chi connectivity index (χ0) is 20.3. The van der Waals surface area contributed by atoms with Crippen molar-refractivity contribution in [2.24, 2.45) is 4.99 Å². The van der Waals surface area contributed by atoms with Crippen LogP contribution in [0.25, 0.3) is 21.8 Å². The van der Waals surface area contributed by atoms with E-state index in [0.29, 0.717) is 0 Å². The first-order chi connectivity index (χ1) is 14.8. The minimum Gasteiger partial charge on any atom is -0.457 e. The van der Waals surface area contributed by atoms with Crippen LogP contribution in [0.1, 0.15) is 12.5 Å². The summed E-state index contributed by atoms with van der Waals surface area (Å²) in [6, 6.07) is 32.7. The van der Waals surface area contributed by atoms with Gasteiger partial charge in [-0.15, -0.1) is 0 Å². The monoisotopic (exact) mass is 390 g/mol. The second kappa shape index (κ2) is 7.88. The van der Waals surface area contributed by atoms with Gasteiger partial charge in [-0.25, -0.2) is 0 Å². The van der Waals surface area contributed by atoms with E-state index < -0.39 is 0 Å². The van der Waals surface area contributed by atoms with Crippen molar-refractivity contribution in [3.8, 4) is 11.5 Å². The number of ether oxygens (including phenoxy) is 1. The highest BCUT2D eigenvalue weighted by Gasteiger charge is 2.09. The van der Waals surface area contributed by atoms with E-state index >= 15 is 0 Å². The van der Waals surface area contributed by atoms with Crippen molar-refractivity contribution in [1.29, 1.82) is 0 Å². The average Bonchev–Trinajstić information content (AvgIpc) is 3.12. The molecule has 0 aliphatic heterocycles. The summed E-state index contributed by atoms with van der Waals surface area (Å²) in [5.74, 6) is 1.62. The summed E-state index contributed by atoms with van der Waals surface area (Å²) in [6.07, 6.45) is 1.89. The van der Waals surface area contributed by atoms with Crippen LogP contribution in [-0.4, -0.2) is 10.8 Å². The molecule has 0 saturated carbocycles. The number of aryl methyl sites for hydroxylation is 1. The molecule has 0 fully saturated rings. The smallest absolute Gasteiger partial charge is 0.128 e. The fourth-order valence-corrected chi connectivity index (χ4v) is 3.89. The van der Waals surface area contributed by atoms with Crippen LogP contribution in [0.3, 0.4) is 0 Å². The lowest BCUT2D eigenvalue weighted by atomic mass is 10.1. The van der Waals surface area contributed by atoms with Crippen LogP contribution in [0.4, 0.5) is 5.69 Å². The molecule has 1 aromatic heterocycles. The van der Waals surface area contributed by atoms with E-state index in [2.05, 4.69) is 54.0 Å². The molecule has 0 saturated heterocycles. The van der Waals surface area contributed by atoms with Gasteiger partial charge < -0.3 is 9.30 Å². The Kier molecular flexibility index (Phi) is 4.78. The summed E-state index contributed by atoms with van der Waals surface area (Å²) in [7, 11) is 0. The summed E-state index contributed by atoms with van der Waals surface area (Å²) in [5.41, 5.74) is 4.45. The number of benzene rings is 4. The maximum Gasteiger partial charge on any atom is 0.128 e. The van der Waals surface area contributed by atoms with Crippen molar-refractivity contribution < 1.29 is 4.74 Å². The predicted octanol–water partition coefficient (Wildman–Crippen LogP) is 7.36. The van der Waals surface area contributed by atoms with Gasteiger partial charge in [0.15, 0.2) is 0 Å². The predicted molar refractivity (Wildman–Crippen MR) is 125 cm³/mol. The molecule has 0 radical (unpaired) electrons. The Balaban J connectivity index is 1.46. The number of aromatic nitrogens is 1. The maximum absolute atomic E-state index is 5.93. The van der Waals surface area contributed by atoms with E-state index in [0.717, 1.165) is 29.3 Å². The molecule has 4 aromatic carbocycles. The number of hydrogen-bond donors (Lipinski definition) is 0. The lowest BCUT2D eigenvalue weighted by Crippen LogP contribution is -1.92. The fraction of sp³-hybridized carbons (Fsp3) is 0.0741. The highest BCUT2D eigenvalue weighted by Crippen LogP contribution is 2.31. The van der Waals surface area contributed by atoms with Crippen LogP contribution >= 0.6 is 0 Å². The highest BCUT2D eigenvalue weighted by molar-refractivity contribution is 6.09. The number of aliphatic imine (C=N–C) groups is 1. The zero-order valence-electron chi connectivity index (χ0n) is 16.8. The van der Waals surface area contributed by atoms with Crippen molar-refractivity contribution in [2.45, 2.75) is 13.5 Å². The summed E-state index contributed by atoms with van der Waals surface area (Å²) in [6.45, 7) is 3.13. The van der Waals surface area contributed by atoms with Gasteiger partial charge in [-0.2, -0.15) is 0 Å². The van der Waals surface area contributed by atoms with Gasteiger partial charge in [0.1, 0.15) is 11.5 Å². The highest BCUT2D eigenvalue weighted by atomic mass is 16.5. The molecule has 0 aliphatic carbocycles. The van der Waals surface area contributed by atoms with E-state index in [4.69, 9.17) is 9.73 Å². The number of hydrogen-bond acceptors (Lipinski definition) is 2. The van der Waals surface area contributed by atoms with Crippen molar-refractivity contribution in [3.05, 3.63) is 103 Å². The summed E-state index contributed by atoms with van der Waals surface area (Å²) >= 11 is 0. The van der Waals surface area contributed by atoms with Crippen molar-refractivity contribution in [3.63, 3.8) is 0 Å². The Bertz CT molecular complexity index is 1350. The summed E-state index contributed by atoms with van der Waals surface area (Å²) in [4.78, 5) is 4.73. The van der Waals surface area contributed by atoms with Gasteiger partial charge in [0.2, 0.25) is 0 Å². The SMILES string of the molecule is CCn1c2ccccc2c2cc(N=Cc3cccc(Oc4ccccc4)c3)ccc21. The molecule has 0 unspecified atom stereocenters. The van der Waals surface area contributed by atoms with E-state index in [1.54, 1.807) is 0 Å². The standard InChI is InChI=1S/C27H22N2O/c1-2-29-26-14-7-6-13-24(26)25-18-21(15-16-27(25)29)28-19-20-9-8-12-23(17-20)30-22-10-4-3-5-11-22/h3-19H,2H2,1H3. The Morgan fingerprint density at radius 3 is 2.37 bits per heavy atom. The van der Waals surface area contributed by atoms with E-state index in [1.165, 1.54) is 21.8 Å². The Hall–Kier alpha value is -3.85. The lowest BCUT2D eigenvalue weighted by Gasteiger charge is -2.05. The Morgan fingerprint density at radius 1 is 0.733 bits per heavy atom. The topological polar surface area (TPSA) is 26.5 Å². The van der Waals surface area contributed by atoms with Gasteiger partial charge in [0.25, 0.3) is 0 Å². The molecule has 146 valence electrons. The fourth-order valence-electron chi connectivity index (χ4n) is 3.89. The van der Waals surface area contributed by atoms with Gasteiger partial charge in [-0.1, -0.05) is 48.5 Å². The quantitative estimate of drug-likeness (QED) is 0.288. The molecule has 5 aromatic rings. The van der Waals surface area contributed by atoms with E-state index in [-0.39, 0.29) is 0 Å². The van der Waals surface area contributed by atoms with Gasteiger partial charge in [-0.3, -0.25) is 4.99 Å². The van der Waals surface area contributed by atoms with Crippen LogP contribution in [0.2, 0.25) is 0 Å². The van der Waals surface area contributed by atoms with Crippen LogP contribution in [0, 0.1) is 0 Å². The van der Waals surface area contributed by atoms with Gasteiger partial charge in [0.05, 0.1) is 5.69 Å². The normalized spacial score (nSPS) is 11.5. The number of nitrogens with zero attached hydrogens (tertiary/aromatic N) is 2. The van der Waals surface area contributed by atoms with E-state index in [1.807, 2.05) is 60.8 Å².